The van der Waals surface area contributed by atoms with Crippen LogP contribution < -0.4 is 5.73 Å². The number of benzene rings is 2. The Morgan fingerprint density at radius 2 is 2.00 bits per heavy atom. The van der Waals surface area contributed by atoms with Crippen LogP contribution in [0, 0.1) is 5.82 Å². The predicted octanol–water partition coefficient (Wildman–Crippen LogP) is 3.89. The van der Waals surface area contributed by atoms with Crippen LogP contribution in [0.4, 0.5) is 10.1 Å². The van der Waals surface area contributed by atoms with E-state index in [1.165, 1.54) is 18.2 Å². The second kappa shape index (κ2) is 6.14. The highest BCUT2D eigenvalue weighted by Gasteiger charge is 2.19. The van der Waals surface area contributed by atoms with Crippen molar-refractivity contribution in [2.45, 2.75) is 13.0 Å². The van der Waals surface area contributed by atoms with Gasteiger partial charge in [0.15, 0.2) is 0 Å². The molecule has 0 aromatic heterocycles. The molecule has 2 N–H and O–H groups in total. The van der Waals surface area contributed by atoms with E-state index >= 15 is 0 Å². The highest BCUT2D eigenvalue weighted by atomic mass is 35.5. The van der Waals surface area contributed by atoms with Gasteiger partial charge in [0.05, 0.1) is 11.7 Å². The summed E-state index contributed by atoms with van der Waals surface area (Å²) in [5, 5.41) is 0.617. The lowest BCUT2D eigenvalue weighted by Gasteiger charge is -2.25. The van der Waals surface area contributed by atoms with Crippen molar-refractivity contribution in [3.63, 3.8) is 0 Å². The summed E-state index contributed by atoms with van der Waals surface area (Å²) in [5.41, 5.74) is 6.74. The quantitative estimate of drug-likeness (QED) is 0.874. The molecule has 1 atom stereocenters. The van der Waals surface area contributed by atoms with Crippen molar-refractivity contribution in [3.05, 3.63) is 64.4 Å². The lowest BCUT2D eigenvalue weighted by Crippen LogP contribution is -2.29. The number of nitrogen functional groups attached to an aromatic ring is 1. The van der Waals surface area contributed by atoms with Crippen molar-refractivity contribution in [2.75, 3.05) is 12.8 Å². The number of rotatable bonds is 3. The Labute approximate surface area is 128 Å². The smallest absolute Gasteiger partial charge is 0.254 e. The van der Waals surface area contributed by atoms with Gasteiger partial charge in [-0.15, -0.1) is 0 Å². The van der Waals surface area contributed by atoms with Crippen LogP contribution in [-0.2, 0) is 0 Å². The molecule has 0 saturated heterocycles. The van der Waals surface area contributed by atoms with Gasteiger partial charge >= 0.3 is 0 Å². The molecule has 0 fully saturated rings. The summed E-state index contributed by atoms with van der Waals surface area (Å²) in [5.74, 6) is -0.758. The predicted molar refractivity (Wildman–Crippen MR) is 82.8 cm³/mol. The molecule has 110 valence electrons. The van der Waals surface area contributed by atoms with Crippen LogP contribution in [0.15, 0.2) is 42.5 Å². The second-order valence-electron chi connectivity index (χ2n) is 4.88. The summed E-state index contributed by atoms with van der Waals surface area (Å²) in [6.45, 7) is 1.90. The Morgan fingerprint density at radius 1 is 1.29 bits per heavy atom. The van der Waals surface area contributed by atoms with E-state index < -0.39 is 5.82 Å². The van der Waals surface area contributed by atoms with Crippen LogP contribution in [0.3, 0.4) is 0 Å². The van der Waals surface area contributed by atoms with Gasteiger partial charge in [-0.25, -0.2) is 4.39 Å². The Bertz CT molecular complexity index is 675. The van der Waals surface area contributed by atoms with Gasteiger partial charge in [0.1, 0.15) is 5.82 Å². The zero-order chi connectivity index (χ0) is 15.6. The van der Waals surface area contributed by atoms with Crippen molar-refractivity contribution in [1.82, 2.24) is 4.90 Å². The van der Waals surface area contributed by atoms with Gasteiger partial charge in [-0.1, -0.05) is 23.7 Å². The molecule has 21 heavy (non-hydrogen) atoms. The van der Waals surface area contributed by atoms with Crippen molar-refractivity contribution >= 4 is 23.2 Å². The normalized spacial score (nSPS) is 12.0. The zero-order valence-electron chi connectivity index (χ0n) is 11.8. The zero-order valence-corrected chi connectivity index (χ0v) is 12.6. The van der Waals surface area contributed by atoms with E-state index in [2.05, 4.69) is 0 Å². The first-order valence-electron chi connectivity index (χ1n) is 6.48. The first-order valence-corrected chi connectivity index (χ1v) is 6.85. The molecule has 2 aromatic rings. The number of halogens is 2. The van der Waals surface area contributed by atoms with Gasteiger partial charge < -0.3 is 10.6 Å². The maximum absolute atomic E-state index is 13.2. The molecule has 3 nitrogen and oxygen atoms in total. The minimum Gasteiger partial charge on any atom is -0.396 e. The summed E-state index contributed by atoms with van der Waals surface area (Å²) in [6.07, 6.45) is 0. The molecule has 0 heterocycles. The number of nitrogens with two attached hydrogens (primary N) is 1. The third-order valence-electron chi connectivity index (χ3n) is 3.48. The standard InChI is InChI=1S/C16H16ClFN2O/c1-10(11-4-3-5-13(17)8-11)20(2)16(21)12-6-7-14(18)15(19)9-12/h3-10H,19H2,1-2H3. The average Bonchev–Trinajstić information content (AvgIpc) is 2.47. The fraction of sp³-hybridized carbons (Fsp3) is 0.188. The lowest BCUT2D eigenvalue weighted by molar-refractivity contribution is 0.0742. The number of anilines is 1. The first-order chi connectivity index (χ1) is 9.90. The average molecular weight is 307 g/mol. The SMILES string of the molecule is CC(c1cccc(Cl)c1)N(C)C(=O)c1ccc(F)c(N)c1. The fourth-order valence-electron chi connectivity index (χ4n) is 2.05. The molecule has 2 aromatic carbocycles. The van der Waals surface area contributed by atoms with Crippen LogP contribution in [0.2, 0.25) is 5.02 Å². The molecule has 5 heteroatoms. The number of carbonyl (C=O) groups excluding carboxylic acids is 1. The summed E-state index contributed by atoms with van der Waals surface area (Å²) in [7, 11) is 1.69. The van der Waals surface area contributed by atoms with Crippen LogP contribution in [0.5, 0.6) is 0 Å². The highest BCUT2D eigenvalue weighted by Crippen LogP contribution is 2.24. The molecule has 0 radical (unpaired) electrons. The van der Waals surface area contributed by atoms with Crippen molar-refractivity contribution < 1.29 is 9.18 Å². The van der Waals surface area contributed by atoms with Crippen LogP contribution in [0.1, 0.15) is 28.9 Å². The Hall–Kier alpha value is -2.07. The van der Waals surface area contributed by atoms with Gasteiger partial charge in [-0.3, -0.25) is 4.79 Å². The largest absolute Gasteiger partial charge is 0.396 e. The Balaban J connectivity index is 2.24. The number of hydrogen-bond acceptors (Lipinski definition) is 2. The van der Waals surface area contributed by atoms with Crippen molar-refractivity contribution in [2.24, 2.45) is 0 Å². The molecule has 0 aliphatic rings. The number of nitrogens with zero attached hydrogens (tertiary/aromatic N) is 1. The highest BCUT2D eigenvalue weighted by molar-refractivity contribution is 6.30. The molecular weight excluding hydrogens is 291 g/mol. The van der Waals surface area contributed by atoms with Crippen LogP contribution in [0.25, 0.3) is 0 Å². The summed E-state index contributed by atoms with van der Waals surface area (Å²) >= 11 is 5.97. The van der Waals surface area contributed by atoms with Crippen LogP contribution in [-0.4, -0.2) is 17.9 Å². The Morgan fingerprint density at radius 3 is 2.62 bits per heavy atom. The molecule has 0 bridgehead atoms. The fourth-order valence-corrected chi connectivity index (χ4v) is 2.25. The summed E-state index contributed by atoms with van der Waals surface area (Å²) in [4.78, 5) is 14.0. The monoisotopic (exact) mass is 306 g/mol. The van der Waals surface area contributed by atoms with Gasteiger partial charge in [0.25, 0.3) is 5.91 Å². The third kappa shape index (κ3) is 3.34. The van der Waals surface area contributed by atoms with Crippen molar-refractivity contribution in [1.29, 1.82) is 0 Å². The van der Waals surface area contributed by atoms with Crippen molar-refractivity contribution in [3.8, 4) is 0 Å². The maximum atomic E-state index is 13.2. The van der Waals surface area contributed by atoms with Crippen LogP contribution >= 0.6 is 11.6 Å². The number of amides is 1. The molecule has 2 rings (SSSR count). The van der Waals surface area contributed by atoms with E-state index in [1.54, 1.807) is 18.0 Å². The lowest BCUT2D eigenvalue weighted by atomic mass is 10.1. The molecular formula is C16H16ClFN2O. The first kappa shape index (κ1) is 15.3. The minimum atomic E-state index is -0.530. The van der Waals surface area contributed by atoms with E-state index in [-0.39, 0.29) is 17.6 Å². The van der Waals surface area contributed by atoms with Gasteiger partial charge in [-0.05, 0) is 42.8 Å². The van der Waals surface area contributed by atoms with Gasteiger partial charge in [-0.2, -0.15) is 0 Å². The topological polar surface area (TPSA) is 46.3 Å². The molecule has 0 spiro atoms. The van der Waals surface area contributed by atoms with Gasteiger partial charge in [0, 0.05) is 17.6 Å². The molecule has 0 aliphatic heterocycles. The third-order valence-corrected chi connectivity index (χ3v) is 3.71. The van der Waals surface area contributed by atoms with E-state index in [9.17, 15) is 9.18 Å². The number of carbonyl (C=O) groups is 1. The molecule has 0 saturated carbocycles. The maximum Gasteiger partial charge on any atom is 0.254 e. The van der Waals surface area contributed by atoms with E-state index in [4.69, 9.17) is 17.3 Å². The molecule has 0 aliphatic carbocycles. The van der Waals surface area contributed by atoms with Gasteiger partial charge in [0.2, 0.25) is 0 Å². The summed E-state index contributed by atoms with van der Waals surface area (Å²) < 4.78 is 13.2. The Kier molecular flexibility index (Phi) is 4.48. The second-order valence-corrected chi connectivity index (χ2v) is 5.32. The van der Waals surface area contributed by atoms with E-state index in [0.717, 1.165) is 5.56 Å². The molecule has 1 unspecified atom stereocenters. The summed E-state index contributed by atoms with van der Waals surface area (Å²) in [6, 6.07) is 11.1. The number of hydrogen-bond donors (Lipinski definition) is 1. The molecule has 1 amide bonds. The van der Waals surface area contributed by atoms with E-state index in [1.807, 2.05) is 25.1 Å². The minimum absolute atomic E-state index is 0.0374. The van der Waals surface area contributed by atoms with E-state index in [0.29, 0.717) is 10.6 Å².